The Labute approximate surface area is 162 Å². The van der Waals surface area contributed by atoms with Crippen molar-refractivity contribution >= 4 is 14.2 Å². The van der Waals surface area contributed by atoms with Crippen LogP contribution < -0.4 is 0 Å². The van der Waals surface area contributed by atoms with Gasteiger partial charge in [0.15, 0.2) is 0 Å². The molecular formula is C20H40B2O4. The molecule has 0 saturated carbocycles. The van der Waals surface area contributed by atoms with Crippen LogP contribution in [0.5, 0.6) is 0 Å². The summed E-state index contributed by atoms with van der Waals surface area (Å²) in [5.41, 5.74) is -1.18. The quantitative estimate of drug-likeness (QED) is 0.419. The van der Waals surface area contributed by atoms with E-state index in [9.17, 15) is 0 Å². The van der Waals surface area contributed by atoms with E-state index < -0.39 is 0 Å². The van der Waals surface area contributed by atoms with Crippen molar-refractivity contribution in [2.75, 3.05) is 0 Å². The number of hydrogen-bond acceptors (Lipinski definition) is 4. The second-order valence-electron chi connectivity index (χ2n) is 10.2. The zero-order chi connectivity index (χ0) is 19.8. The zero-order valence-electron chi connectivity index (χ0n) is 18.6. The Balaban J connectivity index is 2.05. The molecule has 150 valence electrons. The van der Waals surface area contributed by atoms with Crippen LogP contribution in [0.15, 0.2) is 0 Å². The van der Waals surface area contributed by atoms with Gasteiger partial charge in [-0.25, -0.2) is 0 Å². The maximum Gasteiger partial charge on any atom is 0.460 e. The molecule has 2 aliphatic heterocycles. The fourth-order valence-electron chi connectivity index (χ4n) is 3.59. The molecule has 1 atom stereocenters. The summed E-state index contributed by atoms with van der Waals surface area (Å²) in [6.07, 6.45) is 6.89. The van der Waals surface area contributed by atoms with Gasteiger partial charge in [0.25, 0.3) is 0 Å². The monoisotopic (exact) mass is 366 g/mol. The van der Waals surface area contributed by atoms with Crippen molar-refractivity contribution in [3.05, 3.63) is 0 Å². The van der Waals surface area contributed by atoms with Gasteiger partial charge in [-0.3, -0.25) is 0 Å². The second kappa shape index (κ2) is 7.77. The third-order valence-electron chi connectivity index (χ3n) is 6.88. The van der Waals surface area contributed by atoms with E-state index in [1.165, 1.54) is 25.7 Å². The maximum atomic E-state index is 6.36. The van der Waals surface area contributed by atoms with Crippen LogP contribution in [-0.2, 0) is 18.6 Å². The van der Waals surface area contributed by atoms with E-state index in [1.54, 1.807) is 0 Å². The van der Waals surface area contributed by atoms with Crippen LogP contribution in [0.1, 0.15) is 94.4 Å². The molecule has 2 rings (SSSR count). The Morgan fingerprint density at radius 3 is 1.58 bits per heavy atom. The summed E-state index contributed by atoms with van der Waals surface area (Å²) >= 11 is 0. The van der Waals surface area contributed by atoms with E-state index in [2.05, 4.69) is 62.3 Å². The molecule has 2 saturated heterocycles. The molecule has 1 unspecified atom stereocenters. The normalized spacial score (nSPS) is 27.1. The van der Waals surface area contributed by atoms with Crippen LogP contribution in [-0.4, -0.2) is 36.6 Å². The van der Waals surface area contributed by atoms with Crippen LogP contribution in [0.2, 0.25) is 12.1 Å². The highest BCUT2D eigenvalue weighted by atomic mass is 16.7. The van der Waals surface area contributed by atoms with Crippen molar-refractivity contribution in [3.8, 4) is 0 Å². The van der Waals surface area contributed by atoms with Gasteiger partial charge in [0.1, 0.15) is 0 Å². The van der Waals surface area contributed by atoms with Gasteiger partial charge in [-0.1, -0.05) is 39.0 Å². The van der Waals surface area contributed by atoms with Crippen molar-refractivity contribution in [2.24, 2.45) is 0 Å². The van der Waals surface area contributed by atoms with Crippen molar-refractivity contribution in [3.63, 3.8) is 0 Å². The minimum Gasteiger partial charge on any atom is -0.403 e. The van der Waals surface area contributed by atoms with E-state index in [4.69, 9.17) is 18.6 Å². The first kappa shape index (κ1) is 22.3. The van der Waals surface area contributed by atoms with Gasteiger partial charge in [-0.2, -0.15) is 0 Å². The van der Waals surface area contributed by atoms with Crippen LogP contribution in [0, 0.1) is 0 Å². The van der Waals surface area contributed by atoms with Crippen LogP contribution in [0.25, 0.3) is 0 Å². The number of rotatable bonds is 8. The van der Waals surface area contributed by atoms with Gasteiger partial charge in [-0.15, -0.1) is 0 Å². The number of hydrogen-bond donors (Lipinski definition) is 0. The van der Waals surface area contributed by atoms with Gasteiger partial charge in [-0.05, 0) is 67.5 Å². The predicted octanol–water partition coefficient (Wildman–Crippen LogP) is 5.51. The molecule has 0 aromatic carbocycles. The van der Waals surface area contributed by atoms with E-state index in [0.29, 0.717) is 0 Å². The lowest BCUT2D eigenvalue weighted by Gasteiger charge is -2.32. The van der Waals surface area contributed by atoms with E-state index in [-0.39, 0.29) is 42.5 Å². The van der Waals surface area contributed by atoms with Crippen LogP contribution in [0.3, 0.4) is 0 Å². The first-order valence-corrected chi connectivity index (χ1v) is 10.5. The molecule has 2 heterocycles. The van der Waals surface area contributed by atoms with Crippen molar-refractivity contribution in [1.82, 2.24) is 0 Å². The lowest BCUT2D eigenvalue weighted by molar-refractivity contribution is 0.00578. The van der Waals surface area contributed by atoms with Gasteiger partial charge < -0.3 is 18.6 Å². The summed E-state index contributed by atoms with van der Waals surface area (Å²) in [4.78, 5) is 0. The zero-order valence-corrected chi connectivity index (χ0v) is 18.6. The smallest absolute Gasteiger partial charge is 0.403 e. The molecule has 2 fully saturated rings. The minimum absolute atomic E-state index is 0.194. The Kier molecular flexibility index (Phi) is 6.65. The lowest BCUT2D eigenvalue weighted by atomic mass is 9.59. The summed E-state index contributed by atoms with van der Waals surface area (Å²) in [5, 5.41) is 0. The molecule has 0 aromatic rings. The highest BCUT2D eigenvalue weighted by Crippen LogP contribution is 2.45. The summed E-state index contributed by atoms with van der Waals surface area (Å²) < 4.78 is 25.2. The SMILES string of the molecule is CCCCCCC(CB1OC(C)(C)C(C)(C)O1)B1OC(C)(C)C(C)(C)O1. The first-order chi connectivity index (χ1) is 11.8. The number of unbranched alkanes of at least 4 members (excludes halogenated alkanes) is 3. The Morgan fingerprint density at radius 2 is 1.12 bits per heavy atom. The third-order valence-corrected chi connectivity index (χ3v) is 6.88. The minimum atomic E-state index is -0.296. The summed E-state index contributed by atoms with van der Waals surface area (Å²) in [6, 6.07) is 0. The molecule has 0 N–H and O–H groups in total. The molecule has 0 spiro atoms. The average Bonchev–Trinajstić information content (AvgIpc) is 2.81. The summed E-state index contributed by atoms with van der Waals surface area (Å²) in [7, 11) is -0.393. The van der Waals surface area contributed by atoms with E-state index >= 15 is 0 Å². The molecular weight excluding hydrogens is 326 g/mol. The molecule has 4 nitrogen and oxygen atoms in total. The second-order valence-corrected chi connectivity index (χ2v) is 10.2. The molecule has 0 amide bonds. The third kappa shape index (κ3) is 4.68. The molecule has 2 aliphatic rings. The summed E-state index contributed by atoms with van der Waals surface area (Å²) in [6.45, 7) is 19.2. The van der Waals surface area contributed by atoms with Crippen molar-refractivity contribution in [1.29, 1.82) is 0 Å². The van der Waals surface area contributed by atoms with Gasteiger partial charge in [0, 0.05) is 0 Å². The summed E-state index contributed by atoms with van der Waals surface area (Å²) in [5.74, 6) is 0.280. The Hall–Kier alpha value is -0.0301. The van der Waals surface area contributed by atoms with E-state index in [1.807, 2.05) is 0 Å². The van der Waals surface area contributed by atoms with E-state index in [0.717, 1.165) is 12.7 Å². The van der Waals surface area contributed by atoms with Crippen molar-refractivity contribution in [2.45, 2.75) is 129 Å². The molecule has 0 bridgehead atoms. The highest BCUT2D eigenvalue weighted by molar-refractivity contribution is 6.53. The maximum absolute atomic E-state index is 6.36. The Bertz CT molecular complexity index is 444. The topological polar surface area (TPSA) is 36.9 Å². The first-order valence-electron chi connectivity index (χ1n) is 10.5. The fraction of sp³-hybridized carbons (Fsp3) is 1.00. The molecule has 0 aromatic heterocycles. The molecule has 26 heavy (non-hydrogen) atoms. The molecule has 6 heteroatoms. The largest absolute Gasteiger partial charge is 0.460 e. The van der Waals surface area contributed by atoms with Crippen LogP contribution in [0.4, 0.5) is 0 Å². The highest BCUT2D eigenvalue weighted by Gasteiger charge is 2.56. The standard InChI is InChI=1S/C20H40B2O4/c1-10-11-12-13-14-16(22-25-19(6,7)20(8,9)26-22)15-21-23-17(2,3)18(4,5)24-21/h16H,10-15H2,1-9H3. The van der Waals surface area contributed by atoms with Gasteiger partial charge >= 0.3 is 14.2 Å². The van der Waals surface area contributed by atoms with Gasteiger partial charge in [0.05, 0.1) is 22.4 Å². The average molecular weight is 366 g/mol. The van der Waals surface area contributed by atoms with Crippen LogP contribution >= 0.6 is 0 Å². The van der Waals surface area contributed by atoms with Crippen molar-refractivity contribution < 1.29 is 18.6 Å². The molecule has 0 aliphatic carbocycles. The predicted molar refractivity (Wildman–Crippen MR) is 109 cm³/mol. The Morgan fingerprint density at radius 1 is 0.654 bits per heavy atom. The lowest BCUT2D eigenvalue weighted by Crippen LogP contribution is -2.41. The fourth-order valence-corrected chi connectivity index (χ4v) is 3.59. The molecule has 0 radical (unpaired) electrons. The van der Waals surface area contributed by atoms with Gasteiger partial charge in [0.2, 0.25) is 0 Å².